The number of rotatable bonds is 6. The summed E-state index contributed by atoms with van der Waals surface area (Å²) in [7, 11) is 1.67. The van der Waals surface area contributed by atoms with Crippen LogP contribution < -0.4 is 10.6 Å². The Labute approximate surface area is 180 Å². The van der Waals surface area contributed by atoms with Gasteiger partial charge in [-0.3, -0.25) is 19.5 Å². The molecule has 1 aliphatic heterocycles. The Kier molecular flexibility index (Phi) is 6.36. The number of allylic oxidation sites excluding steroid dienone is 2. The minimum Gasteiger partial charge on any atom is -0.356 e. The van der Waals surface area contributed by atoms with Crippen molar-refractivity contribution in [3.05, 3.63) is 23.9 Å². The molecule has 9 nitrogen and oxygen atoms in total. The number of carbonyl (C=O) groups is 2. The van der Waals surface area contributed by atoms with Gasteiger partial charge in [0.25, 0.3) is 0 Å². The summed E-state index contributed by atoms with van der Waals surface area (Å²) in [4.78, 5) is 35.0. The summed E-state index contributed by atoms with van der Waals surface area (Å²) in [5.41, 5.74) is 0. The van der Waals surface area contributed by atoms with Crippen molar-refractivity contribution in [2.45, 2.75) is 26.3 Å². The Morgan fingerprint density at radius 3 is 2.50 bits per heavy atom. The topological polar surface area (TPSA) is 113 Å². The van der Waals surface area contributed by atoms with E-state index in [9.17, 15) is 9.59 Å². The minimum atomic E-state index is -0.118. The number of carbonyl (C=O) groups excluding carboxylic acids is 2. The molecule has 1 aromatic rings. The lowest BCUT2D eigenvalue weighted by atomic mass is 9.85. The van der Waals surface area contributed by atoms with Gasteiger partial charge in [-0.05, 0) is 31.6 Å². The second-order valence-corrected chi connectivity index (χ2v) is 7.27. The van der Waals surface area contributed by atoms with Gasteiger partial charge in [-0.15, -0.1) is 24.0 Å². The van der Waals surface area contributed by atoms with Crippen molar-refractivity contribution in [2.24, 2.45) is 28.7 Å². The van der Waals surface area contributed by atoms with Crippen molar-refractivity contribution in [1.82, 2.24) is 25.7 Å². The monoisotopic (exact) mass is 500 g/mol. The molecular formula is C18H25IN6O3. The van der Waals surface area contributed by atoms with Gasteiger partial charge in [0.1, 0.15) is 0 Å². The quantitative estimate of drug-likeness (QED) is 0.149. The first-order chi connectivity index (χ1) is 13.1. The number of nitrogens with one attached hydrogen (secondary N) is 2. The lowest BCUT2D eigenvalue weighted by molar-refractivity contribution is -0.140. The van der Waals surface area contributed by atoms with Crippen molar-refractivity contribution in [3.8, 4) is 0 Å². The molecule has 0 aromatic carbocycles. The molecule has 2 heterocycles. The van der Waals surface area contributed by atoms with Gasteiger partial charge in [-0.2, -0.15) is 4.98 Å². The zero-order valence-corrected chi connectivity index (χ0v) is 18.3. The molecular weight excluding hydrogens is 475 g/mol. The van der Waals surface area contributed by atoms with Gasteiger partial charge in [0.15, 0.2) is 11.8 Å². The highest BCUT2D eigenvalue weighted by Crippen LogP contribution is 2.52. The third kappa shape index (κ3) is 3.78. The largest absolute Gasteiger partial charge is 0.356 e. The molecule has 3 aliphatic rings. The van der Waals surface area contributed by atoms with Crippen molar-refractivity contribution in [3.63, 3.8) is 0 Å². The second-order valence-electron chi connectivity index (χ2n) is 7.27. The number of aliphatic imine (C=N–C) groups is 1. The van der Waals surface area contributed by atoms with Crippen LogP contribution in [0.25, 0.3) is 0 Å². The van der Waals surface area contributed by atoms with Crippen LogP contribution in [0.1, 0.15) is 24.6 Å². The number of aromatic nitrogens is 2. The maximum Gasteiger partial charge on any atom is 0.246 e. The van der Waals surface area contributed by atoms with E-state index in [4.69, 9.17) is 4.52 Å². The standard InChI is InChI=1S/C18H24N6O3.HI/c1-10-22-13(27-23-10)9-21-18(19-2)20-6-3-7-24-16(25)14-11-4-5-12(8-11)15(14)17(24)26;/h4-5,11-12,14-15H,3,6-9H2,1-2H3,(H2,19,20,21);1H. The fraction of sp³-hybridized carbons (Fsp3) is 0.611. The number of amides is 2. The minimum absolute atomic E-state index is 0. The van der Waals surface area contributed by atoms with Gasteiger partial charge in [0, 0.05) is 20.1 Å². The molecule has 4 rings (SSSR count). The number of aryl methyl sites for hydroxylation is 1. The lowest BCUT2D eigenvalue weighted by Crippen LogP contribution is -2.39. The van der Waals surface area contributed by atoms with Crippen molar-refractivity contribution < 1.29 is 14.1 Å². The van der Waals surface area contributed by atoms with Crippen LogP contribution in [-0.2, 0) is 16.1 Å². The highest BCUT2D eigenvalue weighted by molar-refractivity contribution is 14.0. The van der Waals surface area contributed by atoms with E-state index in [1.807, 2.05) is 0 Å². The zero-order chi connectivity index (χ0) is 19.0. The Hall–Kier alpha value is -1.98. The summed E-state index contributed by atoms with van der Waals surface area (Å²) >= 11 is 0. The van der Waals surface area contributed by atoms with Crippen LogP contribution in [-0.4, -0.2) is 53.0 Å². The van der Waals surface area contributed by atoms with E-state index < -0.39 is 0 Å². The molecule has 10 heteroatoms. The SMILES string of the molecule is CN=C(NCCCN1C(=O)C2C3C=CC(C3)C2C1=O)NCc1nc(C)no1.I. The van der Waals surface area contributed by atoms with Crippen LogP contribution in [0.2, 0.25) is 0 Å². The molecule has 1 saturated heterocycles. The third-order valence-corrected chi connectivity index (χ3v) is 5.61. The van der Waals surface area contributed by atoms with Crippen molar-refractivity contribution >= 4 is 41.8 Å². The Morgan fingerprint density at radius 2 is 1.93 bits per heavy atom. The average molecular weight is 500 g/mol. The van der Waals surface area contributed by atoms with Crippen molar-refractivity contribution in [2.75, 3.05) is 20.1 Å². The number of hydrogen-bond acceptors (Lipinski definition) is 6. The number of nitrogens with zero attached hydrogens (tertiary/aromatic N) is 4. The van der Waals surface area contributed by atoms with Gasteiger partial charge in [0.2, 0.25) is 17.7 Å². The molecule has 0 spiro atoms. The molecule has 4 unspecified atom stereocenters. The average Bonchev–Trinajstić information content (AvgIpc) is 3.42. The van der Waals surface area contributed by atoms with Gasteiger partial charge >= 0.3 is 0 Å². The van der Waals surface area contributed by atoms with Gasteiger partial charge < -0.3 is 15.2 Å². The molecule has 1 aromatic heterocycles. The maximum absolute atomic E-state index is 12.6. The number of imide groups is 1. The van der Waals surface area contributed by atoms with Crippen LogP contribution in [0.3, 0.4) is 0 Å². The smallest absolute Gasteiger partial charge is 0.246 e. The third-order valence-electron chi connectivity index (χ3n) is 5.61. The number of guanidine groups is 1. The van der Waals surface area contributed by atoms with E-state index in [1.165, 1.54) is 4.90 Å². The molecule has 152 valence electrons. The molecule has 2 amide bonds. The molecule has 2 N–H and O–H groups in total. The molecule has 1 saturated carbocycles. The van der Waals surface area contributed by atoms with Gasteiger partial charge in [-0.1, -0.05) is 17.3 Å². The Morgan fingerprint density at radius 1 is 1.25 bits per heavy atom. The van der Waals surface area contributed by atoms with E-state index >= 15 is 0 Å². The molecule has 2 bridgehead atoms. The van der Waals surface area contributed by atoms with E-state index in [0.717, 1.165) is 6.42 Å². The number of halogens is 1. The summed E-state index contributed by atoms with van der Waals surface area (Å²) in [5, 5.41) is 9.98. The van der Waals surface area contributed by atoms with E-state index in [2.05, 4.69) is 37.9 Å². The van der Waals surface area contributed by atoms with E-state index in [1.54, 1.807) is 14.0 Å². The van der Waals surface area contributed by atoms with E-state index in [-0.39, 0.29) is 59.5 Å². The number of hydrogen-bond donors (Lipinski definition) is 2. The summed E-state index contributed by atoms with van der Waals surface area (Å²) in [6.45, 7) is 3.18. The maximum atomic E-state index is 12.6. The van der Waals surface area contributed by atoms with Crippen LogP contribution in [0, 0.1) is 30.6 Å². The Bertz CT molecular complexity index is 777. The number of likely N-dealkylation sites (tertiary alicyclic amines) is 1. The molecule has 2 fully saturated rings. The highest BCUT2D eigenvalue weighted by Gasteiger charge is 2.58. The predicted octanol–water partition coefficient (Wildman–Crippen LogP) is 0.858. The zero-order valence-electron chi connectivity index (χ0n) is 15.9. The van der Waals surface area contributed by atoms with Gasteiger partial charge in [0.05, 0.1) is 18.4 Å². The van der Waals surface area contributed by atoms with E-state index in [0.29, 0.717) is 43.7 Å². The normalized spacial score (nSPS) is 27.9. The van der Waals surface area contributed by atoms with Crippen molar-refractivity contribution in [1.29, 1.82) is 0 Å². The van der Waals surface area contributed by atoms with Crippen LogP contribution in [0.4, 0.5) is 0 Å². The highest BCUT2D eigenvalue weighted by atomic mass is 127. The first-order valence-corrected chi connectivity index (χ1v) is 9.35. The first-order valence-electron chi connectivity index (χ1n) is 9.35. The van der Waals surface area contributed by atoms with Gasteiger partial charge in [-0.25, -0.2) is 0 Å². The first kappa shape index (κ1) is 20.7. The van der Waals surface area contributed by atoms with Crippen LogP contribution in [0.15, 0.2) is 21.7 Å². The Balaban J connectivity index is 0.00000225. The molecule has 4 atom stereocenters. The molecule has 0 radical (unpaired) electrons. The fourth-order valence-corrected chi connectivity index (χ4v) is 4.42. The summed E-state index contributed by atoms with van der Waals surface area (Å²) in [5.74, 6) is 1.98. The number of fused-ring (bicyclic) bond motifs is 5. The van der Waals surface area contributed by atoms with Crippen LogP contribution >= 0.6 is 24.0 Å². The molecule has 28 heavy (non-hydrogen) atoms. The summed E-state index contributed by atoms with van der Waals surface area (Å²) in [6, 6.07) is 0. The summed E-state index contributed by atoms with van der Waals surface area (Å²) in [6.07, 6.45) is 5.86. The fourth-order valence-electron chi connectivity index (χ4n) is 4.42. The lowest BCUT2D eigenvalue weighted by Gasteiger charge is -2.17. The second kappa shape index (κ2) is 8.58. The predicted molar refractivity (Wildman–Crippen MR) is 112 cm³/mol. The summed E-state index contributed by atoms with van der Waals surface area (Å²) < 4.78 is 5.04. The van der Waals surface area contributed by atoms with Crippen LogP contribution in [0.5, 0.6) is 0 Å². The molecule has 2 aliphatic carbocycles.